The first-order valence-electron chi connectivity index (χ1n) is 4.06. The van der Waals surface area contributed by atoms with Crippen molar-refractivity contribution in [3.63, 3.8) is 0 Å². The van der Waals surface area contributed by atoms with Crippen LogP contribution in [0.4, 0.5) is 0 Å². The van der Waals surface area contributed by atoms with Gasteiger partial charge in [0.1, 0.15) is 0 Å². The molecular weight excluding hydrogens is 190 g/mol. The zero-order valence-corrected chi connectivity index (χ0v) is 9.15. The van der Waals surface area contributed by atoms with Gasteiger partial charge in [-0.1, -0.05) is 19.9 Å². The van der Waals surface area contributed by atoms with Gasteiger partial charge in [-0.05, 0) is 25.3 Å². The van der Waals surface area contributed by atoms with E-state index in [1.165, 1.54) is 0 Å². The molecule has 0 rings (SSSR count). The minimum Gasteiger partial charge on any atom is -0.478 e. The van der Waals surface area contributed by atoms with Crippen molar-refractivity contribution in [3.05, 3.63) is 11.6 Å². The van der Waals surface area contributed by atoms with Crippen molar-refractivity contribution in [2.75, 3.05) is 6.54 Å². The fourth-order valence-corrected chi connectivity index (χ4v) is 1.30. The van der Waals surface area contributed by atoms with E-state index in [9.17, 15) is 4.79 Å². The molecule has 0 spiro atoms. The van der Waals surface area contributed by atoms with E-state index in [1.807, 2.05) is 13.8 Å². The van der Waals surface area contributed by atoms with Crippen molar-refractivity contribution in [2.45, 2.75) is 27.2 Å². The van der Waals surface area contributed by atoms with Gasteiger partial charge in [0.15, 0.2) is 0 Å². The monoisotopic (exact) mass is 207 g/mol. The highest BCUT2D eigenvalue weighted by atomic mass is 35.5. The number of hydrogen-bond acceptors (Lipinski definition) is 2. The molecule has 0 saturated heterocycles. The second-order valence-electron chi connectivity index (χ2n) is 3.43. The Morgan fingerprint density at radius 1 is 1.54 bits per heavy atom. The maximum absolute atomic E-state index is 10.7. The van der Waals surface area contributed by atoms with Gasteiger partial charge in [-0.2, -0.15) is 0 Å². The third kappa shape index (κ3) is 4.29. The summed E-state index contributed by atoms with van der Waals surface area (Å²) in [5, 5.41) is 8.83. The third-order valence-corrected chi connectivity index (χ3v) is 2.02. The summed E-state index contributed by atoms with van der Waals surface area (Å²) in [4.78, 5) is 10.7. The summed E-state index contributed by atoms with van der Waals surface area (Å²) in [5.74, 6) is -0.851. The predicted octanol–water partition coefficient (Wildman–Crippen LogP) is 1.81. The Kier molecular flexibility index (Phi) is 6.90. The number of allylic oxidation sites excluding steroid dienone is 1. The molecule has 0 saturated carbocycles. The molecule has 0 aromatic carbocycles. The molecule has 0 aromatic rings. The van der Waals surface area contributed by atoms with Crippen LogP contribution in [0.15, 0.2) is 11.6 Å². The predicted molar refractivity (Wildman–Crippen MR) is 56.1 cm³/mol. The molecule has 0 bridgehead atoms. The van der Waals surface area contributed by atoms with Crippen LogP contribution in [-0.4, -0.2) is 17.6 Å². The smallest absolute Gasteiger partial charge is 0.331 e. The lowest BCUT2D eigenvalue weighted by molar-refractivity contribution is -0.133. The van der Waals surface area contributed by atoms with Crippen LogP contribution in [0.1, 0.15) is 27.2 Å². The quantitative estimate of drug-likeness (QED) is 0.692. The van der Waals surface area contributed by atoms with Crippen LogP contribution < -0.4 is 5.73 Å². The summed E-state index contributed by atoms with van der Waals surface area (Å²) >= 11 is 0. The van der Waals surface area contributed by atoms with Gasteiger partial charge in [-0.3, -0.25) is 0 Å². The van der Waals surface area contributed by atoms with Gasteiger partial charge in [0.2, 0.25) is 0 Å². The van der Waals surface area contributed by atoms with Crippen molar-refractivity contribution < 1.29 is 9.90 Å². The first kappa shape index (κ1) is 15.0. The molecule has 0 aliphatic heterocycles. The molecule has 0 aliphatic carbocycles. The molecule has 3 N–H and O–H groups in total. The van der Waals surface area contributed by atoms with E-state index in [1.54, 1.807) is 13.0 Å². The Morgan fingerprint density at radius 3 is 2.23 bits per heavy atom. The van der Waals surface area contributed by atoms with Crippen LogP contribution in [0.5, 0.6) is 0 Å². The molecule has 13 heavy (non-hydrogen) atoms. The number of halogens is 1. The fourth-order valence-electron chi connectivity index (χ4n) is 1.30. The minimum atomic E-state index is -0.851. The molecular formula is C9H18ClNO2. The number of carboxylic acid groups (broad SMARTS) is 1. The highest BCUT2D eigenvalue weighted by molar-refractivity contribution is 5.87. The average Bonchev–Trinajstić information content (AvgIpc) is 1.86. The molecule has 78 valence electrons. The van der Waals surface area contributed by atoms with Crippen LogP contribution in [0, 0.1) is 5.41 Å². The molecule has 0 heterocycles. The van der Waals surface area contributed by atoms with Crippen molar-refractivity contribution in [1.82, 2.24) is 0 Å². The minimum absolute atomic E-state index is 0. The zero-order valence-electron chi connectivity index (χ0n) is 8.33. The highest BCUT2D eigenvalue weighted by Gasteiger charge is 2.26. The van der Waals surface area contributed by atoms with Gasteiger partial charge in [-0.25, -0.2) is 4.79 Å². The first-order valence-corrected chi connectivity index (χ1v) is 4.06. The molecule has 0 amide bonds. The van der Waals surface area contributed by atoms with Gasteiger partial charge in [0.05, 0.1) is 0 Å². The van der Waals surface area contributed by atoms with Gasteiger partial charge in [0.25, 0.3) is 0 Å². The molecule has 4 heteroatoms. The second-order valence-corrected chi connectivity index (χ2v) is 3.43. The van der Waals surface area contributed by atoms with Crippen molar-refractivity contribution in [3.8, 4) is 0 Å². The lowest BCUT2D eigenvalue weighted by atomic mass is 9.81. The largest absolute Gasteiger partial charge is 0.478 e. The van der Waals surface area contributed by atoms with Gasteiger partial charge >= 0.3 is 5.97 Å². The topological polar surface area (TPSA) is 63.3 Å². The number of hydrogen-bond donors (Lipinski definition) is 2. The van der Waals surface area contributed by atoms with E-state index < -0.39 is 5.97 Å². The van der Waals surface area contributed by atoms with E-state index in [2.05, 4.69) is 0 Å². The van der Waals surface area contributed by atoms with Gasteiger partial charge in [0, 0.05) is 5.57 Å². The maximum Gasteiger partial charge on any atom is 0.331 e. The Labute approximate surface area is 85.4 Å². The zero-order chi connectivity index (χ0) is 9.78. The number of carboxylic acids is 1. The van der Waals surface area contributed by atoms with Crippen molar-refractivity contribution in [2.24, 2.45) is 11.1 Å². The molecule has 0 radical (unpaired) electrons. The maximum atomic E-state index is 10.7. The number of rotatable bonds is 4. The molecule has 0 aliphatic rings. The van der Waals surface area contributed by atoms with Gasteiger partial charge < -0.3 is 10.8 Å². The van der Waals surface area contributed by atoms with E-state index >= 15 is 0 Å². The third-order valence-electron chi connectivity index (χ3n) is 2.02. The Hall–Kier alpha value is -0.540. The number of aliphatic carboxylic acids is 1. The Balaban J connectivity index is 0. The number of carbonyl (C=O) groups is 1. The summed E-state index contributed by atoms with van der Waals surface area (Å²) in [7, 11) is 0. The summed E-state index contributed by atoms with van der Waals surface area (Å²) in [6.45, 7) is 6.03. The Morgan fingerprint density at radius 2 is 2.00 bits per heavy atom. The summed E-state index contributed by atoms with van der Waals surface area (Å²) in [6.07, 6.45) is 2.33. The van der Waals surface area contributed by atoms with Gasteiger partial charge in [-0.15, -0.1) is 12.4 Å². The van der Waals surface area contributed by atoms with E-state index in [4.69, 9.17) is 10.8 Å². The van der Waals surface area contributed by atoms with Crippen LogP contribution in [-0.2, 0) is 4.79 Å². The summed E-state index contributed by atoms with van der Waals surface area (Å²) in [5.41, 5.74) is 5.50. The lowest BCUT2D eigenvalue weighted by Gasteiger charge is -2.24. The van der Waals surface area contributed by atoms with Crippen LogP contribution >= 0.6 is 12.4 Å². The first-order chi connectivity index (χ1) is 5.45. The van der Waals surface area contributed by atoms with Crippen LogP contribution in [0.3, 0.4) is 0 Å². The highest BCUT2D eigenvalue weighted by Crippen LogP contribution is 2.29. The van der Waals surface area contributed by atoms with E-state index in [0.29, 0.717) is 18.5 Å². The van der Waals surface area contributed by atoms with Crippen molar-refractivity contribution in [1.29, 1.82) is 0 Å². The average molecular weight is 208 g/mol. The summed E-state index contributed by atoms with van der Waals surface area (Å²) in [6, 6.07) is 0. The molecule has 0 unspecified atom stereocenters. The fraction of sp³-hybridized carbons (Fsp3) is 0.667. The van der Waals surface area contributed by atoms with Crippen LogP contribution in [0.2, 0.25) is 0 Å². The SMILES string of the molecule is CC=C(C(=O)O)C(C)(C)CCN.Cl. The van der Waals surface area contributed by atoms with E-state index in [-0.39, 0.29) is 17.8 Å². The molecule has 0 fully saturated rings. The van der Waals surface area contributed by atoms with Crippen LogP contribution in [0.25, 0.3) is 0 Å². The van der Waals surface area contributed by atoms with Crippen molar-refractivity contribution >= 4 is 18.4 Å². The molecule has 3 nitrogen and oxygen atoms in total. The lowest BCUT2D eigenvalue weighted by Crippen LogP contribution is -2.24. The molecule has 0 aromatic heterocycles. The second kappa shape index (κ2) is 6.00. The normalized spacial score (nSPS) is 12.2. The Bertz CT molecular complexity index is 200. The summed E-state index contributed by atoms with van der Waals surface area (Å²) < 4.78 is 0. The molecule has 0 atom stereocenters. The standard InChI is InChI=1S/C9H17NO2.ClH/c1-4-7(8(11)12)9(2,3)5-6-10;/h4H,5-6,10H2,1-3H3,(H,11,12);1H. The number of nitrogens with two attached hydrogens (primary N) is 1. The van der Waals surface area contributed by atoms with E-state index in [0.717, 1.165) is 0 Å².